The first kappa shape index (κ1) is 7.41. The third-order valence-corrected chi connectivity index (χ3v) is 1.62. The van der Waals surface area contributed by atoms with Crippen LogP contribution in [0, 0.1) is 0 Å². The van der Waals surface area contributed by atoms with E-state index >= 15 is 0 Å². The molecular formula is C7H6BrO2. The minimum absolute atomic E-state index is 0.0919. The summed E-state index contributed by atoms with van der Waals surface area (Å²) in [6.07, 6.45) is 0. The molecule has 0 aliphatic heterocycles. The molecule has 0 aromatic heterocycles. The molecule has 0 bridgehead atoms. The van der Waals surface area contributed by atoms with Crippen LogP contribution >= 0.6 is 15.9 Å². The van der Waals surface area contributed by atoms with Crippen molar-refractivity contribution in [3.63, 3.8) is 0 Å². The molecule has 0 amide bonds. The molecule has 3 heteroatoms. The second-order valence-corrected chi connectivity index (χ2v) is 2.71. The van der Waals surface area contributed by atoms with Gasteiger partial charge in [0, 0.05) is 4.47 Å². The van der Waals surface area contributed by atoms with E-state index in [2.05, 4.69) is 15.9 Å². The largest absolute Gasteiger partial charge is 0.493 e. The molecule has 53 valence electrons. The molecule has 0 spiro atoms. The molecule has 10 heavy (non-hydrogen) atoms. The summed E-state index contributed by atoms with van der Waals surface area (Å²) in [6, 6.07) is 4.79. The Hall–Kier alpha value is -0.700. The van der Waals surface area contributed by atoms with Crippen molar-refractivity contribution in [1.82, 2.24) is 0 Å². The van der Waals surface area contributed by atoms with Crippen molar-refractivity contribution in [2.45, 2.75) is 0 Å². The van der Waals surface area contributed by atoms with E-state index in [0.29, 0.717) is 5.75 Å². The summed E-state index contributed by atoms with van der Waals surface area (Å²) >= 11 is 3.22. The van der Waals surface area contributed by atoms with Crippen molar-refractivity contribution in [3.05, 3.63) is 22.7 Å². The van der Waals surface area contributed by atoms with Crippen molar-refractivity contribution < 1.29 is 9.84 Å². The zero-order valence-electron chi connectivity index (χ0n) is 5.43. The maximum atomic E-state index is 10.9. The number of benzene rings is 1. The average molecular weight is 202 g/mol. The highest BCUT2D eigenvalue weighted by Gasteiger charge is 2.01. The number of hydrogen-bond donors (Lipinski definition) is 0. The van der Waals surface area contributed by atoms with Crippen molar-refractivity contribution in [3.8, 4) is 11.5 Å². The van der Waals surface area contributed by atoms with E-state index in [-0.39, 0.29) is 5.75 Å². The number of rotatable bonds is 1. The minimum Gasteiger partial charge on any atom is -0.493 e. The van der Waals surface area contributed by atoms with Crippen LogP contribution in [0.3, 0.4) is 0 Å². The molecule has 0 aliphatic rings. The molecule has 1 radical (unpaired) electrons. The van der Waals surface area contributed by atoms with Gasteiger partial charge in [0.2, 0.25) is 5.75 Å². The Kier molecular flexibility index (Phi) is 2.17. The molecule has 0 saturated heterocycles. The Bertz CT molecular complexity index is 235. The van der Waals surface area contributed by atoms with Crippen molar-refractivity contribution in [2.75, 3.05) is 7.11 Å². The smallest absolute Gasteiger partial charge is 0.220 e. The first-order valence-corrected chi connectivity index (χ1v) is 3.54. The minimum atomic E-state index is -0.0919. The second kappa shape index (κ2) is 2.92. The summed E-state index contributed by atoms with van der Waals surface area (Å²) in [7, 11) is 1.48. The number of ether oxygens (including phenoxy) is 1. The van der Waals surface area contributed by atoms with Crippen LogP contribution in [0.2, 0.25) is 0 Å². The van der Waals surface area contributed by atoms with E-state index in [0.717, 1.165) is 4.47 Å². The molecule has 0 atom stereocenters. The van der Waals surface area contributed by atoms with Crippen molar-refractivity contribution in [1.29, 1.82) is 0 Å². The first-order valence-electron chi connectivity index (χ1n) is 2.74. The Morgan fingerprint density at radius 2 is 2.20 bits per heavy atom. The van der Waals surface area contributed by atoms with Gasteiger partial charge in [-0.15, -0.1) is 0 Å². The van der Waals surface area contributed by atoms with Gasteiger partial charge in [-0.1, -0.05) is 15.9 Å². The van der Waals surface area contributed by atoms with Gasteiger partial charge in [-0.05, 0) is 18.2 Å². The Balaban J connectivity index is 3.09. The van der Waals surface area contributed by atoms with Gasteiger partial charge in [0.25, 0.3) is 0 Å². The maximum absolute atomic E-state index is 10.9. The van der Waals surface area contributed by atoms with E-state index < -0.39 is 0 Å². The topological polar surface area (TPSA) is 29.1 Å². The van der Waals surface area contributed by atoms with Gasteiger partial charge in [0.05, 0.1) is 7.11 Å². The van der Waals surface area contributed by atoms with E-state index in [1.807, 2.05) is 0 Å². The lowest BCUT2D eigenvalue weighted by atomic mass is 10.3. The molecule has 0 fully saturated rings. The number of halogens is 1. The fourth-order valence-electron chi connectivity index (χ4n) is 0.641. The molecule has 1 rings (SSSR count). The third kappa shape index (κ3) is 1.42. The molecule has 0 heterocycles. The normalized spacial score (nSPS) is 9.40. The van der Waals surface area contributed by atoms with E-state index in [9.17, 15) is 5.11 Å². The van der Waals surface area contributed by atoms with Gasteiger partial charge < -0.3 is 4.74 Å². The summed E-state index contributed by atoms with van der Waals surface area (Å²) in [5.41, 5.74) is 0. The fraction of sp³-hybridized carbons (Fsp3) is 0.143. The SMILES string of the molecule is COc1cc(Br)ccc1[O]. The van der Waals surface area contributed by atoms with E-state index in [4.69, 9.17) is 4.74 Å². The quantitative estimate of drug-likeness (QED) is 0.687. The monoisotopic (exact) mass is 201 g/mol. The van der Waals surface area contributed by atoms with Crippen LogP contribution in [0.1, 0.15) is 0 Å². The standard InChI is InChI=1S/C7H6BrO2/c1-10-7-4-5(8)2-3-6(7)9/h2-4H,1H3. The number of hydrogen-bond acceptors (Lipinski definition) is 1. The molecule has 0 aliphatic carbocycles. The summed E-state index contributed by atoms with van der Waals surface area (Å²) in [5, 5.41) is 10.9. The van der Waals surface area contributed by atoms with Crippen molar-refractivity contribution >= 4 is 15.9 Å². The molecule has 0 N–H and O–H groups in total. The predicted molar refractivity (Wildman–Crippen MR) is 40.8 cm³/mol. The highest BCUT2D eigenvalue weighted by atomic mass is 79.9. The first-order chi connectivity index (χ1) is 4.74. The Labute approximate surface area is 67.6 Å². The van der Waals surface area contributed by atoms with Crippen LogP contribution in [-0.4, -0.2) is 7.11 Å². The van der Waals surface area contributed by atoms with Crippen LogP contribution in [-0.2, 0) is 5.11 Å². The Morgan fingerprint density at radius 1 is 1.50 bits per heavy atom. The zero-order valence-corrected chi connectivity index (χ0v) is 7.01. The van der Waals surface area contributed by atoms with Gasteiger partial charge in [-0.2, -0.15) is 0 Å². The van der Waals surface area contributed by atoms with Gasteiger partial charge in [0.15, 0.2) is 5.75 Å². The number of methoxy groups -OCH3 is 1. The predicted octanol–water partition coefficient (Wildman–Crippen LogP) is 2.60. The molecule has 1 aromatic carbocycles. The van der Waals surface area contributed by atoms with E-state index in [1.165, 1.54) is 13.2 Å². The maximum Gasteiger partial charge on any atom is 0.220 e. The van der Waals surface area contributed by atoms with Crippen LogP contribution in [0.15, 0.2) is 22.7 Å². The molecular weight excluding hydrogens is 196 g/mol. The average Bonchev–Trinajstić information content (AvgIpc) is 1.94. The summed E-state index contributed by atoms with van der Waals surface area (Å²) in [5.74, 6) is 0.278. The summed E-state index contributed by atoms with van der Waals surface area (Å²) in [4.78, 5) is 0. The molecule has 0 saturated carbocycles. The fourth-order valence-corrected chi connectivity index (χ4v) is 0.982. The molecule has 0 unspecified atom stereocenters. The lowest BCUT2D eigenvalue weighted by Gasteiger charge is -1.99. The van der Waals surface area contributed by atoms with Gasteiger partial charge >= 0.3 is 0 Å². The van der Waals surface area contributed by atoms with Gasteiger partial charge in [-0.25, -0.2) is 0 Å². The van der Waals surface area contributed by atoms with Gasteiger partial charge in [-0.3, -0.25) is 5.11 Å². The second-order valence-electron chi connectivity index (χ2n) is 1.80. The highest BCUT2D eigenvalue weighted by Crippen LogP contribution is 2.28. The highest BCUT2D eigenvalue weighted by molar-refractivity contribution is 9.10. The molecule has 2 nitrogen and oxygen atoms in total. The summed E-state index contributed by atoms with van der Waals surface area (Å²) < 4.78 is 5.63. The van der Waals surface area contributed by atoms with Crippen LogP contribution < -0.4 is 4.74 Å². The molecule has 1 aromatic rings. The van der Waals surface area contributed by atoms with Crippen molar-refractivity contribution in [2.24, 2.45) is 0 Å². The Morgan fingerprint density at radius 3 is 2.70 bits per heavy atom. The third-order valence-electron chi connectivity index (χ3n) is 1.13. The van der Waals surface area contributed by atoms with Crippen LogP contribution in [0.5, 0.6) is 11.5 Å². The zero-order chi connectivity index (χ0) is 7.56. The van der Waals surface area contributed by atoms with Crippen LogP contribution in [0.25, 0.3) is 0 Å². The lowest BCUT2D eigenvalue weighted by Crippen LogP contribution is -1.81. The van der Waals surface area contributed by atoms with Gasteiger partial charge in [0.1, 0.15) is 0 Å². The summed E-state index contributed by atoms with van der Waals surface area (Å²) in [6.45, 7) is 0. The lowest BCUT2D eigenvalue weighted by molar-refractivity contribution is 0.315. The van der Waals surface area contributed by atoms with Crippen LogP contribution in [0.4, 0.5) is 0 Å². The van der Waals surface area contributed by atoms with E-state index in [1.54, 1.807) is 12.1 Å².